The fourth-order valence-electron chi connectivity index (χ4n) is 3.32. The number of aryl methyl sites for hydroxylation is 1. The average molecular weight is 295 g/mol. The Labute approximate surface area is 131 Å². The largest absolute Gasteiger partial charge is 0.341 e. The second-order valence-electron chi connectivity index (χ2n) is 5.93. The Morgan fingerprint density at radius 1 is 1.00 bits per heavy atom. The molecular weight excluding hydrogens is 270 g/mol. The molecule has 0 fully saturated rings. The molecular formula is C19H25N3. The fourth-order valence-corrected chi connectivity index (χ4v) is 3.32. The molecule has 3 heteroatoms. The average Bonchev–Trinajstić information content (AvgIpc) is 2.88. The van der Waals surface area contributed by atoms with Gasteiger partial charge in [0.2, 0.25) is 0 Å². The number of nitrogens with two attached hydrogens (primary N) is 2. The van der Waals surface area contributed by atoms with Crippen LogP contribution in [0.15, 0.2) is 42.5 Å². The molecule has 2 aromatic carbocycles. The number of rotatable bonds is 6. The van der Waals surface area contributed by atoms with Crippen LogP contribution in [0.25, 0.3) is 21.8 Å². The van der Waals surface area contributed by atoms with Crippen LogP contribution in [0, 0.1) is 0 Å². The van der Waals surface area contributed by atoms with Crippen molar-refractivity contribution in [2.75, 3.05) is 6.54 Å². The van der Waals surface area contributed by atoms with Gasteiger partial charge in [-0.05, 0) is 50.1 Å². The first-order valence-electron chi connectivity index (χ1n) is 8.22. The lowest BCUT2D eigenvalue weighted by Gasteiger charge is -2.12. The van der Waals surface area contributed by atoms with Gasteiger partial charge in [-0.25, -0.2) is 0 Å². The quantitative estimate of drug-likeness (QED) is 0.677. The molecule has 3 nitrogen and oxygen atoms in total. The number of hydrogen-bond acceptors (Lipinski definition) is 2. The normalized spacial score (nSPS) is 13.0. The van der Waals surface area contributed by atoms with Gasteiger partial charge < -0.3 is 16.0 Å². The van der Waals surface area contributed by atoms with Crippen LogP contribution in [0.5, 0.6) is 0 Å². The van der Waals surface area contributed by atoms with Gasteiger partial charge in [-0.2, -0.15) is 0 Å². The highest BCUT2D eigenvalue weighted by atomic mass is 15.0. The molecule has 3 rings (SSSR count). The Balaban J connectivity index is 2.04. The van der Waals surface area contributed by atoms with E-state index in [2.05, 4.69) is 54.0 Å². The fraction of sp³-hybridized carbons (Fsp3) is 0.368. The summed E-state index contributed by atoms with van der Waals surface area (Å²) in [7, 11) is 0. The second kappa shape index (κ2) is 6.51. The van der Waals surface area contributed by atoms with Gasteiger partial charge in [-0.15, -0.1) is 0 Å². The van der Waals surface area contributed by atoms with E-state index in [0.717, 1.165) is 32.4 Å². The summed E-state index contributed by atoms with van der Waals surface area (Å²) in [5.74, 6) is 0. The lowest BCUT2D eigenvalue weighted by molar-refractivity contribution is 0.591. The monoisotopic (exact) mass is 295 g/mol. The highest BCUT2D eigenvalue weighted by molar-refractivity contribution is 6.08. The topological polar surface area (TPSA) is 57.0 Å². The zero-order valence-electron chi connectivity index (χ0n) is 13.3. The highest BCUT2D eigenvalue weighted by Crippen LogP contribution is 2.31. The van der Waals surface area contributed by atoms with Gasteiger partial charge in [0.05, 0.1) is 0 Å². The maximum atomic E-state index is 6.36. The molecule has 1 atom stereocenters. The van der Waals surface area contributed by atoms with Crippen molar-refractivity contribution >= 4 is 21.8 Å². The van der Waals surface area contributed by atoms with E-state index in [1.165, 1.54) is 27.4 Å². The number of fused-ring (bicyclic) bond motifs is 3. The molecule has 4 N–H and O–H groups in total. The summed E-state index contributed by atoms with van der Waals surface area (Å²) < 4.78 is 2.37. The first-order valence-corrected chi connectivity index (χ1v) is 8.22. The Kier molecular flexibility index (Phi) is 4.46. The number of aromatic nitrogens is 1. The molecule has 22 heavy (non-hydrogen) atoms. The van der Waals surface area contributed by atoms with Crippen LogP contribution < -0.4 is 11.5 Å². The van der Waals surface area contributed by atoms with E-state index in [9.17, 15) is 0 Å². The smallest absolute Gasteiger partial charge is 0.0491 e. The molecule has 0 amide bonds. The number of para-hydroxylation sites is 1. The molecule has 1 aromatic heterocycles. The van der Waals surface area contributed by atoms with Crippen LogP contribution in [-0.2, 0) is 6.54 Å². The maximum Gasteiger partial charge on any atom is 0.0491 e. The zero-order valence-corrected chi connectivity index (χ0v) is 13.3. The standard InChI is InChI=1S/C19H25N3/c1-2-22-18-9-4-3-7-15(18)16-13-14(10-11-19(16)22)17(21)8-5-6-12-20/h3-4,7,9-11,13,17H,2,5-6,8,12,20-21H2,1H3/t17-/m0/s1. The van der Waals surface area contributed by atoms with Crippen molar-refractivity contribution in [3.8, 4) is 0 Å². The molecule has 116 valence electrons. The van der Waals surface area contributed by atoms with Crippen LogP contribution in [0.4, 0.5) is 0 Å². The number of nitrogens with zero attached hydrogens (tertiary/aromatic N) is 1. The van der Waals surface area contributed by atoms with E-state index < -0.39 is 0 Å². The van der Waals surface area contributed by atoms with E-state index in [-0.39, 0.29) is 6.04 Å². The number of unbranched alkanes of at least 4 members (excludes halogenated alkanes) is 1. The van der Waals surface area contributed by atoms with Gasteiger partial charge in [-0.1, -0.05) is 30.7 Å². The van der Waals surface area contributed by atoms with Crippen molar-refractivity contribution in [2.24, 2.45) is 11.5 Å². The van der Waals surface area contributed by atoms with E-state index in [4.69, 9.17) is 11.5 Å². The van der Waals surface area contributed by atoms with E-state index in [1.807, 2.05) is 0 Å². The van der Waals surface area contributed by atoms with Crippen LogP contribution in [0.2, 0.25) is 0 Å². The molecule has 3 aromatic rings. The van der Waals surface area contributed by atoms with Crippen molar-refractivity contribution in [1.82, 2.24) is 4.57 Å². The van der Waals surface area contributed by atoms with Crippen LogP contribution in [-0.4, -0.2) is 11.1 Å². The summed E-state index contributed by atoms with van der Waals surface area (Å²) in [6.45, 7) is 3.92. The SMILES string of the molecule is CCn1c2ccccc2c2cc([C@@H](N)CCCCN)ccc21. The lowest BCUT2D eigenvalue weighted by atomic mass is 10.00. The van der Waals surface area contributed by atoms with Crippen LogP contribution >= 0.6 is 0 Å². The molecule has 0 radical (unpaired) electrons. The Hall–Kier alpha value is -1.84. The summed E-state index contributed by atoms with van der Waals surface area (Å²) in [5, 5.41) is 2.62. The summed E-state index contributed by atoms with van der Waals surface area (Å²) in [6.07, 6.45) is 3.13. The molecule has 0 spiro atoms. The highest BCUT2D eigenvalue weighted by Gasteiger charge is 2.12. The third kappa shape index (κ3) is 2.62. The number of benzene rings is 2. The number of hydrogen-bond donors (Lipinski definition) is 2. The summed E-state index contributed by atoms with van der Waals surface area (Å²) in [6, 6.07) is 15.4. The molecule has 0 saturated heterocycles. The van der Waals surface area contributed by atoms with Crippen molar-refractivity contribution in [3.05, 3.63) is 48.0 Å². The minimum absolute atomic E-state index is 0.0969. The van der Waals surface area contributed by atoms with E-state index in [0.29, 0.717) is 0 Å². The van der Waals surface area contributed by atoms with Crippen molar-refractivity contribution in [3.63, 3.8) is 0 Å². The van der Waals surface area contributed by atoms with Crippen LogP contribution in [0.3, 0.4) is 0 Å². The van der Waals surface area contributed by atoms with Crippen molar-refractivity contribution in [1.29, 1.82) is 0 Å². The molecule has 0 aliphatic carbocycles. The first-order chi connectivity index (χ1) is 10.8. The van der Waals surface area contributed by atoms with Gasteiger partial charge in [0.25, 0.3) is 0 Å². The van der Waals surface area contributed by atoms with Gasteiger partial charge in [0.1, 0.15) is 0 Å². The summed E-state index contributed by atoms with van der Waals surface area (Å²) in [5.41, 5.74) is 15.7. The second-order valence-corrected chi connectivity index (χ2v) is 5.93. The summed E-state index contributed by atoms with van der Waals surface area (Å²) >= 11 is 0. The first kappa shape index (κ1) is 15.1. The predicted octanol–water partition coefficient (Wildman–Crippen LogP) is 3.94. The maximum absolute atomic E-state index is 6.36. The van der Waals surface area contributed by atoms with Crippen molar-refractivity contribution in [2.45, 2.75) is 38.8 Å². The Bertz CT molecular complexity index is 773. The van der Waals surface area contributed by atoms with E-state index >= 15 is 0 Å². The van der Waals surface area contributed by atoms with Crippen molar-refractivity contribution < 1.29 is 0 Å². The molecule has 1 heterocycles. The summed E-state index contributed by atoms with van der Waals surface area (Å²) in [4.78, 5) is 0. The molecule has 0 aliphatic heterocycles. The molecule has 0 aliphatic rings. The molecule has 0 saturated carbocycles. The lowest BCUT2D eigenvalue weighted by Crippen LogP contribution is -2.11. The third-order valence-corrected chi connectivity index (χ3v) is 4.51. The Morgan fingerprint density at radius 2 is 1.77 bits per heavy atom. The van der Waals surface area contributed by atoms with Crippen LogP contribution in [0.1, 0.15) is 37.8 Å². The zero-order chi connectivity index (χ0) is 15.5. The minimum Gasteiger partial charge on any atom is -0.341 e. The van der Waals surface area contributed by atoms with Gasteiger partial charge in [0, 0.05) is 34.4 Å². The van der Waals surface area contributed by atoms with E-state index in [1.54, 1.807) is 0 Å². The van der Waals surface area contributed by atoms with Gasteiger partial charge >= 0.3 is 0 Å². The Morgan fingerprint density at radius 3 is 2.55 bits per heavy atom. The third-order valence-electron chi connectivity index (χ3n) is 4.51. The predicted molar refractivity (Wildman–Crippen MR) is 95.0 cm³/mol. The molecule has 0 bridgehead atoms. The van der Waals surface area contributed by atoms with Gasteiger partial charge in [-0.3, -0.25) is 0 Å². The molecule has 0 unspecified atom stereocenters. The van der Waals surface area contributed by atoms with Gasteiger partial charge in [0.15, 0.2) is 0 Å². The minimum atomic E-state index is 0.0969.